The van der Waals surface area contributed by atoms with Crippen molar-refractivity contribution in [2.24, 2.45) is 0 Å². The summed E-state index contributed by atoms with van der Waals surface area (Å²) in [5.74, 6) is 0. The highest BCUT2D eigenvalue weighted by Crippen LogP contribution is 2.54. The van der Waals surface area contributed by atoms with Crippen LogP contribution in [-0.4, -0.2) is 42.8 Å². The fourth-order valence-corrected chi connectivity index (χ4v) is 22.8. The van der Waals surface area contributed by atoms with Crippen LogP contribution in [0, 0.1) is 0 Å². The molecule has 134 heavy (non-hydrogen) atoms. The molecular formula is C125H79N9. The first kappa shape index (κ1) is 75.3. The Hall–Kier alpha value is -17.7. The number of para-hydroxylation sites is 10. The molecule has 1 aliphatic carbocycles. The minimum absolute atomic E-state index is 0.212. The monoisotopic (exact) mass is 1710 g/mol. The van der Waals surface area contributed by atoms with Gasteiger partial charge in [-0.2, -0.15) is 0 Å². The third-order valence-electron chi connectivity index (χ3n) is 28.6. The van der Waals surface area contributed by atoms with Crippen LogP contribution in [-0.2, 0) is 5.41 Å². The Bertz CT molecular complexity index is 9900. The molecule has 0 fully saturated rings. The molecule has 21 aromatic carbocycles. The molecule has 0 saturated carbocycles. The molecule has 0 radical (unpaired) electrons. The maximum absolute atomic E-state index is 5.47. The van der Waals surface area contributed by atoms with E-state index >= 15 is 0 Å². The van der Waals surface area contributed by atoms with Crippen LogP contribution in [0.15, 0.2) is 443 Å². The normalized spacial score (nSPS) is 12.6. The summed E-state index contributed by atoms with van der Waals surface area (Å²) in [5.41, 5.74) is 33.5. The Labute approximate surface area is 769 Å². The third kappa shape index (κ3) is 11.2. The van der Waals surface area contributed by atoms with Gasteiger partial charge in [-0.25, -0.2) is 19.9 Å². The van der Waals surface area contributed by atoms with Gasteiger partial charge in [0.15, 0.2) is 0 Å². The zero-order valence-electron chi connectivity index (χ0n) is 73.2. The van der Waals surface area contributed by atoms with Crippen LogP contribution in [0.3, 0.4) is 0 Å². The number of hydrogen-bond donors (Lipinski definition) is 0. The largest absolute Gasteiger partial charge is 0.309 e. The zero-order valence-corrected chi connectivity index (χ0v) is 73.2. The van der Waals surface area contributed by atoms with Crippen molar-refractivity contribution in [1.29, 1.82) is 0 Å². The van der Waals surface area contributed by atoms with E-state index in [2.05, 4.69) is 461 Å². The molecule has 0 saturated heterocycles. The fraction of sp³-hybridized carbons (Fsp3) is 0.0240. The maximum atomic E-state index is 5.47. The number of nitrogens with zero attached hydrogens (tertiary/aromatic N) is 9. The highest BCUT2D eigenvalue weighted by atomic mass is 15.0. The van der Waals surface area contributed by atoms with Crippen molar-refractivity contribution in [3.8, 4) is 84.6 Å². The first-order chi connectivity index (χ1) is 66.2. The van der Waals surface area contributed by atoms with Crippen LogP contribution >= 0.6 is 0 Å². The number of benzene rings is 21. The summed E-state index contributed by atoms with van der Waals surface area (Å²) >= 11 is 0. The van der Waals surface area contributed by atoms with Crippen molar-refractivity contribution < 1.29 is 0 Å². The van der Waals surface area contributed by atoms with E-state index in [0.29, 0.717) is 0 Å². The summed E-state index contributed by atoms with van der Waals surface area (Å²) in [6.07, 6.45) is 0. The summed E-state index contributed by atoms with van der Waals surface area (Å²) in [6, 6.07) is 161. The van der Waals surface area contributed by atoms with Crippen molar-refractivity contribution in [3.63, 3.8) is 0 Å². The fourth-order valence-electron chi connectivity index (χ4n) is 22.8. The van der Waals surface area contributed by atoms with Gasteiger partial charge >= 0.3 is 0 Å². The molecule has 9 heteroatoms. The van der Waals surface area contributed by atoms with E-state index in [9.17, 15) is 0 Å². The molecule has 0 spiro atoms. The Balaban J connectivity index is 0.000000134. The highest BCUT2D eigenvalue weighted by Gasteiger charge is 2.39. The number of hydrogen-bond acceptors (Lipinski definition) is 4. The van der Waals surface area contributed by atoms with Gasteiger partial charge in [0, 0.05) is 120 Å². The van der Waals surface area contributed by atoms with Crippen LogP contribution in [0.1, 0.15) is 25.0 Å². The molecule has 0 aliphatic heterocycles. The minimum Gasteiger partial charge on any atom is -0.309 e. The topological polar surface area (TPSA) is 76.2 Å². The molecule has 29 rings (SSSR count). The zero-order chi connectivity index (χ0) is 88.1. The van der Waals surface area contributed by atoms with Gasteiger partial charge in [-0.05, 0) is 183 Å². The van der Waals surface area contributed by atoms with E-state index in [1.807, 2.05) is 18.2 Å². The molecule has 1 aliphatic rings. The van der Waals surface area contributed by atoms with Gasteiger partial charge in [0.05, 0.1) is 111 Å². The summed E-state index contributed by atoms with van der Waals surface area (Å²) in [6.45, 7) is 4.69. The van der Waals surface area contributed by atoms with Crippen LogP contribution in [0.4, 0.5) is 0 Å². The van der Waals surface area contributed by atoms with Crippen LogP contribution in [0.5, 0.6) is 0 Å². The summed E-state index contributed by atoms with van der Waals surface area (Å²) in [4.78, 5) is 21.7. The van der Waals surface area contributed by atoms with E-state index in [4.69, 9.17) is 19.9 Å². The van der Waals surface area contributed by atoms with Crippen molar-refractivity contribution in [2.75, 3.05) is 0 Å². The quantitative estimate of drug-likeness (QED) is 0.144. The first-order valence-corrected chi connectivity index (χ1v) is 46.1. The van der Waals surface area contributed by atoms with Crippen LogP contribution in [0.25, 0.3) is 259 Å². The van der Waals surface area contributed by atoms with Gasteiger partial charge in [-0.15, -0.1) is 0 Å². The molecule has 624 valence electrons. The van der Waals surface area contributed by atoms with Crippen molar-refractivity contribution in [3.05, 3.63) is 454 Å². The lowest BCUT2D eigenvalue weighted by Crippen LogP contribution is -2.16. The second kappa shape index (κ2) is 29.2. The number of rotatable bonds is 9. The maximum Gasteiger partial charge on any atom is 0.0976 e. The molecule has 7 aromatic heterocycles. The molecular weight excluding hydrogens is 1630 g/mol. The molecule has 7 heterocycles. The molecule has 0 unspecified atom stereocenters. The molecule has 0 atom stereocenters. The van der Waals surface area contributed by atoms with E-state index in [1.54, 1.807) is 0 Å². The lowest BCUT2D eigenvalue weighted by atomic mass is 9.79. The molecule has 0 N–H and O–H groups in total. The molecule has 0 amide bonds. The van der Waals surface area contributed by atoms with Crippen molar-refractivity contribution >= 4 is 174 Å². The van der Waals surface area contributed by atoms with Gasteiger partial charge in [0.2, 0.25) is 0 Å². The van der Waals surface area contributed by atoms with Crippen molar-refractivity contribution in [1.82, 2.24) is 42.8 Å². The smallest absolute Gasteiger partial charge is 0.0976 e. The van der Waals surface area contributed by atoms with E-state index in [1.165, 1.54) is 158 Å². The highest BCUT2D eigenvalue weighted by molar-refractivity contribution is 6.24. The van der Waals surface area contributed by atoms with Crippen LogP contribution < -0.4 is 0 Å². The average molecular weight is 1710 g/mol. The molecule has 28 aromatic rings. The Morgan fingerprint density at radius 2 is 0.530 bits per heavy atom. The van der Waals surface area contributed by atoms with E-state index < -0.39 is 0 Å². The Kier molecular flexibility index (Phi) is 16.4. The summed E-state index contributed by atoms with van der Waals surface area (Å²) < 4.78 is 12.2. The van der Waals surface area contributed by atoms with Crippen molar-refractivity contribution in [2.45, 2.75) is 19.3 Å². The lowest BCUT2D eigenvalue weighted by molar-refractivity contribution is 0.662. The predicted octanol–water partition coefficient (Wildman–Crippen LogP) is 32.3. The average Bonchev–Trinajstić information content (AvgIpc) is 1.56. The lowest BCUT2D eigenvalue weighted by Gasteiger charge is -2.25. The van der Waals surface area contributed by atoms with Gasteiger partial charge in [0.1, 0.15) is 0 Å². The standard InChI is InChI=1S/C64H39N5.C61H40N4/c1-2-19-44(20-3-1)67-56-28-11-7-24-48(56)52-37-43(33-35-60(52)67)63-62(65-54-26-9-10-27-55(54)66-63)42-18-14-21-45(36-42)68-57-29-12-8-25-49(57)53-39-51-41(38-61(53)68)17-15-31-59(51)69-58-30-13-6-23-47(58)50-34-32-40-16-4-5-22-46(40)64(50)69;1-61(2)50-26-8-5-21-42(50)45-24-15-25-47(57(45)61)59-58(62-51-27-9-10-28-52(51)63-59)39-18-13-19-40(34-39)64-53-29-11-7-23-44(53)49-36-48-38(35-56(49)64)17-14-31-55(48)65-54-30-12-6-22-43(54)46-33-32-37-16-3-4-20-41(37)60(46)65/h1-39H;3-36H,1-2H3. The van der Waals surface area contributed by atoms with Gasteiger partial charge in [-0.1, -0.05) is 317 Å². The minimum atomic E-state index is -0.212. The SMILES string of the molecule is CC1(C)c2ccccc2-c2cccc(-c3nc4ccccc4nc3-c3cccc(-n4c5ccccc5c5cc6c(-n7c8ccccc8c8ccc9ccccc9c87)cccc6cc54)c3)c21.c1ccc(-n2c3ccccc3c3cc(-c4nc5ccccc5nc4-c4cccc(-n5c6ccccc6c6cc7c(-n8c9ccccc9c9ccc%10ccccc%10c98)cccc7cc65)c4)ccc32)cc1. The van der Waals surface area contributed by atoms with Gasteiger partial charge in [0.25, 0.3) is 0 Å². The predicted molar refractivity (Wildman–Crippen MR) is 560 cm³/mol. The first-order valence-electron chi connectivity index (χ1n) is 46.1. The second-order valence-electron chi connectivity index (χ2n) is 36.2. The Morgan fingerprint density at radius 1 is 0.187 bits per heavy atom. The third-order valence-corrected chi connectivity index (χ3v) is 28.6. The van der Waals surface area contributed by atoms with E-state index in [0.717, 1.165) is 112 Å². The van der Waals surface area contributed by atoms with E-state index in [-0.39, 0.29) is 5.41 Å². The van der Waals surface area contributed by atoms with Crippen LogP contribution in [0.2, 0.25) is 0 Å². The second-order valence-corrected chi connectivity index (χ2v) is 36.2. The summed E-state index contributed by atoms with van der Waals surface area (Å²) in [5, 5.41) is 22.0. The summed E-state index contributed by atoms with van der Waals surface area (Å²) in [7, 11) is 0. The van der Waals surface area contributed by atoms with Gasteiger partial charge < -0.3 is 22.8 Å². The Morgan fingerprint density at radius 3 is 1.03 bits per heavy atom. The number of aromatic nitrogens is 9. The molecule has 9 nitrogen and oxygen atoms in total. The number of fused-ring (bicyclic) bond motifs is 26. The van der Waals surface area contributed by atoms with Gasteiger partial charge in [-0.3, -0.25) is 0 Å². The molecule has 0 bridgehead atoms.